The van der Waals surface area contributed by atoms with Crippen molar-refractivity contribution < 1.29 is 0 Å². The van der Waals surface area contributed by atoms with Gasteiger partial charge in [-0.3, -0.25) is 4.68 Å². The SMILES string of the molecule is Cc1cc(CC(C)CCl)nn1C. The zero-order chi connectivity index (χ0) is 9.14. The summed E-state index contributed by atoms with van der Waals surface area (Å²) in [5, 5.41) is 4.36. The van der Waals surface area contributed by atoms with Crippen molar-refractivity contribution in [2.45, 2.75) is 20.3 Å². The Morgan fingerprint density at radius 1 is 1.67 bits per heavy atom. The van der Waals surface area contributed by atoms with E-state index in [1.165, 1.54) is 5.69 Å². The van der Waals surface area contributed by atoms with Crippen LogP contribution in [0.5, 0.6) is 0 Å². The highest BCUT2D eigenvalue weighted by atomic mass is 35.5. The van der Waals surface area contributed by atoms with Crippen LogP contribution in [0.3, 0.4) is 0 Å². The maximum absolute atomic E-state index is 5.71. The molecule has 2 nitrogen and oxygen atoms in total. The number of hydrogen-bond donors (Lipinski definition) is 0. The van der Waals surface area contributed by atoms with E-state index in [0.29, 0.717) is 11.8 Å². The Hall–Kier alpha value is -0.500. The highest BCUT2D eigenvalue weighted by Gasteiger charge is 2.05. The number of hydrogen-bond acceptors (Lipinski definition) is 1. The summed E-state index contributed by atoms with van der Waals surface area (Å²) in [4.78, 5) is 0. The van der Waals surface area contributed by atoms with E-state index in [1.807, 2.05) is 11.7 Å². The van der Waals surface area contributed by atoms with Gasteiger partial charge in [0.05, 0.1) is 5.69 Å². The minimum Gasteiger partial charge on any atom is -0.273 e. The van der Waals surface area contributed by atoms with Gasteiger partial charge >= 0.3 is 0 Å². The lowest BCUT2D eigenvalue weighted by atomic mass is 10.1. The molecule has 1 atom stereocenters. The molecule has 0 aliphatic carbocycles. The van der Waals surface area contributed by atoms with Crippen LogP contribution in [0.15, 0.2) is 6.07 Å². The standard InChI is InChI=1S/C9H15ClN2/c1-7(6-10)4-9-5-8(2)12(3)11-9/h5,7H,4,6H2,1-3H3. The lowest BCUT2D eigenvalue weighted by Crippen LogP contribution is -2.02. The summed E-state index contributed by atoms with van der Waals surface area (Å²) in [6.45, 7) is 4.19. The predicted molar refractivity (Wildman–Crippen MR) is 51.5 cm³/mol. The van der Waals surface area contributed by atoms with Crippen LogP contribution in [0.1, 0.15) is 18.3 Å². The normalized spacial score (nSPS) is 13.3. The second-order valence-electron chi connectivity index (χ2n) is 3.36. The number of aromatic nitrogens is 2. The van der Waals surface area contributed by atoms with E-state index < -0.39 is 0 Å². The number of rotatable bonds is 3. The van der Waals surface area contributed by atoms with Crippen molar-refractivity contribution in [3.05, 3.63) is 17.5 Å². The first kappa shape index (κ1) is 9.59. The molecular weight excluding hydrogens is 172 g/mol. The molecule has 0 N–H and O–H groups in total. The van der Waals surface area contributed by atoms with Crippen molar-refractivity contribution in [1.82, 2.24) is 9.78 Å². The van der Waals surface area contributed by atoms with E-state index in [4.69, 9.17) is 11.6 Å². The van der Waals surface area contributed by atoms with Gasteiger partial charge in [-0.05, 0) is 25.3 Å². The third-order valence-electron chi connectivity index (χ3n) is 1.99. The molecule has 0 spiro atoms. The van der Waals surface area contributed by atoms with Gasteiger partial charge in [0.25, 0.3) is 0 Å². The van der Waals surface area contributed by atoms with Crippen LogP contribution < -0.4 is 0 Å². The molecule has 68 valence electrons. The van der Waals surface area contributed by atoms with Gasteiger partial charge in [0.1, 0.15) is 0 Å². The molecule has 3 heteroatoms. The van der Waals surface area contributed by atoms with Gasteiger partial charge in [0.15, 0.2) is 0 Å². The van der Waals surface area contributed by atoms with E-state index in [-0.39, 0.29) is 0 Å². The van der Waals surface area contributed by atoms with Crippen LogP contribution >= 0.6 is 11.6 Å². The lowest BCUT2D eigenvalue weighted by molar-refractivity contribution is 0.624. The molecule has 1 aromatic heterocycles. The summed E-state index contributed by atoms with van der Waals surface area (Å²) >= 11 is 5.71. The first-order valence-corrected chi connectivity index (χ1v) is 4.72. The van der Waals surface area contributed by atoms with Gasteiger partial charge in [-0.15, -0.1) is 11.6 Å². The van der Waals surface area contributed by atoms with E-state index in [2.05, 4.69) is 25.0 Å². The maximum Gasteiger partial charge on any atom is 0.0630 e. The molecule has 1 aromatic rings. The molecule has 0 radical (unpaired) electrons. The van der Waals surface area contributed by atoms with Crippen molar-refractivity contribution >= 4 is 11.6 Å². The molecule has 0 amide bonds. The highest BCUT2D eigenvalue weighted by molar-refractivity contribution is 6.18. The fraction of sp³-hybridized carbons (Fsp3) is 0.667. The van der Waals surface area contributed by atoms with Crippen LogP contribution in [0.25, 0.3) is 0 Å². The largest absolute Gasteiger partial charge is 0.273 e. The molecule has 0 aliphatic rings. The Morgan fingerprint density at radius 2 is 2.33 bits per heavy atom. The minimum atomic E-state index is 0.515. The van der Waals surface area contributed by atoms with Crippen molar-refractivity contribution in [3.8, 4) is 0 Å². The molecule has 1 rings (SSSR count). The van der Waals surface area contributed by atoms with Gasteiger partial charge in [-0.1, -0.05) is 6.92 Å². The number of aryl methyl sites for hydroxylation is 2. The maximum atomic E-state index is 5.71. The van der Waals surface area contributed by atoms with E-state index in [1.54, 1.807) is 0 Å². The smallest absolute Gasteiger partial charge is 0.0630 e. The Morgan fingerprint density at radius 3 is 2.75 bits per heavy atom. The first-order valence-electron chi connectivity index (χ1n) is 4.19. The molecule has 0 aromatic carbocycles. The van der Waals surface area contributed by atoms with E-state index in [0.717, 1.165) is 12.1 Å². The average molecular weight is 187 g/mol. The Kier molecular flexibility index (Phi) is 3.15. The Labute approximate surface area is 78.5 Å². The minimum absolute atomic E-state index is 0.515. The second-order valence-corrected chi connectivity index (χ2v) is 3.67. The fourth-order valence-corrected chi connectivity index (χ4v) is 1.26. The number of alkyl halides is 1. The molecule has 0 saturated carbocycles. The lowest BCUT2D eigenvalue weighted by Gasteiger charge is -2.02. The Balaban J connectivity index is 2.64. The van der Waals surface area contributed by atoms with Crippen molar-refractivity contribution in [2.24, 2.45) is 13.0 Å². The van der Waals surface area contributed by atoms with Crippen molar-refractivity contribution in [2.75, 3.05) is 5.88 Å². The molecule has 0 fully saturated rings. The zero-order valence-electron chi connectivity index (χ0n) is 7.84. The summed E-state index contributed by atoms with van der Waals surface area (Å²) in [6.07, 6.45) is 0.977. The average Bonchev–Trinajstić information content (AvgIpc) is 2.31. The monoisotopic (exact) mass is 186 g/mol. The summed E-state index contributed by atoms with van der Waals surface area (Å²) in [5.74, 6) is 1.22. The van der Waals surface area contributed by atoms with E-state index in [9.17, 15) is 0 Å². The summed E-state index contributed by atoms with van der Waals surface area (Å²) < 4.78 is 1.90. The number of nitrogens with zero attached hydrogens (tertiary/aromatic N) is 2. The summed E-state index contributed by atoms with van der Waals surface area (Å²) in [7, 11) is 1.96. The molecule has 1 unspecified atom stereocenters. The van der Waals surface area contributed by atoms with Gasteiger partial charge < -0.3 is 0 Å². The molecular formula is C9H15ClN2. The van der Waals surface area contributed by atoms with Crippen LogP contribution in [0.2, 0.25) is 0 Å². The highest BCUT2D eigenvalue weighted by Crippen LogP contribution is 2.09. The molecule has 0 saturated heterocycles. The quantitative estimate of drug-likeness (QED) is 0.662. The molecule has 12 heavy (non-hydrogen) atoms. The van der Waals surface area contributed by atoms with Crippen LogP contribution in [0, 0.1) is 12.8 Å². The third kappa shape index (κ3) is 2.24. The van der Waals surface area contributed by atoms with Crippen LogP contribution in [0.4, 0.5) is 0 Å². The van der Waals surface area contributed by atoms with Gasteiger partial charge in [0, 0.05) is 18.6 Å². The topological polar surface area (TPSA) is 17.8 Å². The second kappa shape index (κ2) is 3.94. The summed E-state index contributed by atoms with van der Waals surface area (Å²) in [6, 6.07) is 2.11. The van der Waals surface area contributed by atoms with Gasteiger partial charge in [-0.25, -0.2) is 0 Å². The third-order valence-corrected chi connectivity index (χ3v) is 2.51. The van der Waals surface area contributed by atoms with Crippen LogP contribution in [-0.2, 0) is 13.5 Å². The van der Waals surface area contributed by atoms with Gasteiger partial charge in [0.2, 0.25) is 0 Å². The molecule has 0 bridgehead atoms. The fourth-order valence-electron chi connectivity index (χ4n) is 1.15. The first-order chi connectivity index (χ1) is 5.63. The molecule has 0 aliphatic heterocycles. The van der Waals surface area contributed by atoms with Crippen molar-refractivity contribution in [1.29, 1.82) is 0 Å². The summed E-state index contributed by atoms with van der Waals surface area (Å²) in [5.41, 5.74) is 2.34. The zero-order valence-corrected chi connectivity index (χ0v) is 8.60. The molecule has 1 heterocycles. The number of halogens is 1. The predicted octanol–water partition coefficient (Wildman–Crippen LogP) is 2.15. The van der Waals surface area contributed by atoms with Gasteiger partial charge in [-0.2, -0.15) is 5.10 Å². The van der Waals surface area contributed by atoms with Crippen LogP contribution in [-0.4, -0.2) is 15.7 Å². The Bertz CT molecular complexity index is 236. The van der Waals surface area contributed by atoms with Crippen molar-refractivity contribution in [3.63, 3.8) is 0 Å². The van der Waals surface area contributed by atoms with E-state index >= 15 is 0 Å².